The lowest BCUT2D eigenvalue weighted by Gasteiger charge is -2.27. The van der Waals surface area contributed by atoms with E-state index in [-0.39, 0.29) is 5.56 Å². The van der Waals surface area contributed by atoms with Crippen molar-refractivity contribution in [3.63, 3.8) is 0 Å². The number of nitrogens with one attached hydrogen (secondary N) is 1. The van der Waals surface area contributed by atoms with Gasteiger partial charge < -0.3 is 10.1 Å². The van der Waals surface area contributed by atoms with Crippen molar-refractivity contribution in [2.75, 3.05) is 0 Å². The average Bonchev–Trinajstić information content (AvgIpc) is 2.25. The molecule has 0 aromatic heterocycles. The Morgan fingerprint density at radius 2 is 1.85 bits per heavy atom. The summed E-state index contributed by atoms with van der Waals surface area (Å²) in [6.07, 6.45) is -0.568. The van der Waals surface area contributed by atoms with Crippen molar-refractivity contribution in [3.8, 4) is 0 Å². The second-order valence-corrected chi connectivity index (χ2v) is 5.61. The molecule has 0 saturated carbocycles. The topological polar surface area (TPSA) is 55.4 Å². The van der Waals surface area contributed by atoms with E-state index in [0.29, 0.717) is 12.4 Å². The van der Waals surface area contributed by atoms with E-state index in [1.165, 1.54) is 6.92 Å². The second-order valence-electron chi connectivity index (χ2n) is 5.61. The number of alkyl carbamates (subject to hydrolysis) is 1. The molecule has 20 heavy (non-hydrogen) atoms. The van der Waals surface area contributed by atoms with Crippen LogP contribution in [0.4, 0.5) is 13.6 Å². The summed E-state index contributed by atoms with van der Waals surface area (Å²) < 4.78 is 31.6. The molecule has 0 aliphatic heterocycles. The lowest BCUT2D eigenvalue weighted by Crippen LogP contribution is -2.45. The molecule has 0 radical (unpaired) electrons. The van der Waals surface area contributed by atoms with Gasteiger partial charge >= 0.3 is 6.09 Å². The fraction of sp³-hybridized carbons (Fsp3) is 0.429. The van der Waals surface area contributed by atoms with E-state index in [4.69, 9.17) is 4.74 Å². The van der Waals surface area contributed by atoms with E-state index in [9.17, 15) is 18.4 Å². The minimum absolute atomic E-state index is 0.210. The van der Waals surface area contributed by atoms with Gasteiger partial charge in [-0.2, -0.15) is 0 Å². The van der Waals surface area contributed by atoms with Gasteiger partial charge in [0.25, 0.3) is 0 Å². The van der Waals surface area contributed by atoms with Gasteiger partial charge in [-0.1, -0.05) is 0 Å². The standard InChI is InChI=1S/C14H17F2NO3/c1-13(2,3)17-12(19)20-14(4,8-18)10-6-5-9(15)7-11(10)16/h5-8H,1-4H3,(H,17,19). The first-order chi connectivity index (χ1) is 9.07. The van der Waals surface area contributed by atoms with Gasteiger partial charge in [0.1, 0.15) is 11.6 Å². The minimum Gasteiger partial charge on any atom is -0.430 e. The van der Waals surface area contributed by atoms with Crippen LogP contribution in [0, 0.1) is 11.6 Å². The van der Waals surface area contributed by atoms with Crippen LogP contribution < -0.4 is 5.32 Å². The SMILES string of the molecule is CC(C)(C)NC(=O)OC(C)(C=O)c1ccc(F)cc1F. The molecule has 1 rings (SSSR count). The molecule has 0 heterocycles. The van der Waals surface area contributed by atoms with E-state index in [2.05, 4.69) is 5.32 Å². The average molecular weight is 285 g/mol. The van der Waals surface area contributed by atoms with Crippen LogP contribution in [0.3, 0.4) is 0 Å². The van der Waals surface area contributed by atoms with Crippen molar-refractivity contribution in [3.05, 3.63) is 35.4 Å². The summed E-state index contributed by atoms with van der Waals surface area (Å²) >= 11 is 0. The highest BCUT2D eigenvalue weighted by Gasteiger charge is 2.34. The van der Waals surface area contributed by atoms with E-state index in [1.807, 2.05) is 0 Å². The zero-order valence-electron chi connectivity index (χ0n) is 11.8. The zero-order chi connectivity index (χ0) is 15.6. The molecule has 1 atom stereocenters. The number of carbonyl (C=O) groups excluding carboxylic acids is 2. The van der Waals surface area contributed by atoms with E-state index < -0.39 is 28.9 Å². The Hall–Kier alpha value is -1.98. The van der Waals surface area contributed by atoms with Gasteiger partial charge in [0.05, 0.1) is 0 Å². The summed E-state index contributed by atoms with van der Waals surface area (Å²) in [4.78, 5) is 22.9. The smallest absolute Gasteiger partial charge is 0.408 e. The van der Waals surface area contributed by atoms with E-state index in [0.717, 1.165) is 12.1 Å². The predicted molar refractivity (Wildman–Crippen MR) is 69.1 cm³/mol. The summed E-state index contributed by atoms with van der Waals surface area (Å²) in [5, 5.41) is 2.49. The number of halogens is 2. The molecule has 0 aliphatic carbocycles. The quantitative estimate of drug-likeness (QED) is 0.869. The third kappa shape index (κ3) is 4.01. The van der Waals surface area contributed by atoms with Crippen LogP contribution in [-0.2, 0) is 15.1 Å². The molecular weight excluding hydrogens is 268 g/mol. The third-order valence-electron chi connectivity index (χ3n) is 2.47. The number of benzene rings is 1. The fourth-order valence-corrected chi connectivity index (χ4v) is 1.56. The highest BCUT2D eigenvalue weighted by molar-refractivity contribution is 5.75. The van der Waals surface area contributed by atoms with Crippen molar-refractivity contribution in [1.82, 2.24) is 5.32 Å². The lowest BCUT2D eigenvalue weighted by atomic mass is 9.97. The first-order valence-electron chi connectivity index (χ1n) is 6.00. The largest absolute Gasteiger partial charge is 0.430 e. The van der Waals surface area contributed by atoms with Gasteiger partial charge in [0.2, 0.25) is 0 Å². The Labute approximate surface area is 116 Å². The van der Waals surface area contributed by atoms with Crippen LogP contribution in [-0.4, -0.2) is 17.9 Å². The molecule has 0 spiro atoms. The Bertz CT molecular complexity index is 526. The summed E-state index contributed by atoms with van der Waals surface area (Å²) in [6, 6.07) is 2.69. The zero-order valence-corrected chi connectivity index (χ0v) is 11.8. The monoisotopic (exact) mass is 285 g/mol. The normalized spacial score (nSPS) is 14.3. The minimum atomic E-state index is -1.83. The number of aldehydes is 1. The molecule has 0 saturated heterocycles. The third-order valence-corrected chi connectivity index (χ3v) is 2.47. The van der Waals surface area contributed by atoms with Crippen molar-refractivity contribution >= 4 is 12.4 Å². The molecule has 6 heteroatoms. The fourth-order valence-electron chi connectivity index (χ4n) is 1.56. The molecule has 1 N–H and O–H groups in total. The summed E-state index contributed by atoms with van der Waals surface area (Å²) in [6.45, 7) is 6.42. The number of ether oxygens (including phenoxy) is 1. The van der Waals surface area contributed by atoms with Gasteiger partial charge in [0.15, 0.2) is 11.9 Å². The van der Waals surface area contributed by atoms with Gasteiger partial charge in [-0.25, -0.2) is 13.6 Å². The predicted octanol–water partition coefficient (Wildman–Crippen LogP) is 2.90. The molecule has 1 aromatic rings. The van der Waals surface area contributed by atoms with E-state index in [1.54, 1.807) is 20.8 Å². The first-order valence-corrected chi connectivity index (χ1v) is 6.00. The lowest BCUT2D eigenvalue weighted by molar-refractivity contribution is -0.124. The van der Waals surface area contributed by atoms with Crippen LogP contribution in [0.25, 0.3) is 0 Å². The molecule has 110 valence electrons. The Morgan fingerprint density at radius 3 is 2.30 bits per heavy atom. The van der Waals surface area contributed by atoms with Crippen molar-refractivity contribution in [1.29, 1.82) is 0 Å². The molecule has 1 aromatic carbocycles. The molecule has 1 unspecified atom stereocenters. The molecule has 1 amide bonds. The maximum absolute atomic E-state index is 13.7. The Balaban J connectivity index is 3.03. The molecule has 0 bridgehead atoms. The molecule has 0 aliphatic rings. The van der Waals surface area contributed by atoms with Crippen LogP contribution in [0.15, 0.2) is 18.2 Å². The Morgan fingerprint density at radius 1 is 1.25 bits per heavy atom. The molecule has 0 fully saturated rings. The maximum Gasteiger partial charge on any atom is 0.408 e. The van der Waals surface area contributed by atoms with Crippen LogP contribution in [0.2, 0.25) is 0 Å². The second kappa shape index (κ2) is 5.56. The number of hydrogen-bond acceptors (Lipinski definition) is 3. The van der Waals surface area contributed by atoms with Crippen LogP contribution >= 0.6 is 0 Å². The molecular formula is C14H17F2NO3. The van der Waals surface area contributed by atoms with Crippen molar-refractivity contribution in [2.45, 2.75) is 38.8 Å². The van der Waals surface area contributed by atoms with Crippen LogP contribution in [0.5, 0.6) is 0 Å². The highest BCUT2D eigenvalue weighted by Crippen LogP contribution is 2.26. The van der Waals surface area contributed by atoms with Gasteiger partial charge in [-0.15, -0.1) is 0 Å². The Kier molecular flexibility index (Phi) is 4.47. The number of amides is 1. The van der Waals surface area contributed by atoms with Gasteiger partial charge in [0, 0.05) is 17.2 Å². The maximum atomic E-state index is 13.7. The van der Waals surface area contributed by atoms with Crippen molar-refractivity contribution < 1.29 is 23.1 Å². The first kappa shape index (κ1) is 16.1. The number of hydrogen-bond donors (Lipinski definition) is 1. The van der Waals surface area contributed by atoms with E-state index >= 15 is 0 Å². The molecule has 4 nitrogen and oxygen atoms in total. The summed E-state index contributed by atoms with van der Waals surface area (Å²) in [7, 11) is 0. The summed E-state index contributed by atoms with van der Waals surface area (Å²) in [5.74, 6) is -1.73. The number of carbonyl (C=O) groups is 2. The van der Waals surface area contributed by atoms with Crippen molar-refractivity contribution in [2.24, 2.45) is 0 Å². The van der Waals surface area contributed by atoms with Crippen LogP contribution in [0.1, 0.15) is 33.3 Å². The van der Waals surface area contributed by atoms with Gasteiger partial charge in [-0.05, 0) is 39.8 Å². The van der Waals surface area contributed by atoms with Gasteiger partial charge in [-0.3, -0.25) is 4.79 Å². The highest BCUT2D eigenvalue weighted by atomic mass is 19.1. The summed E-state index contributed by atoms with van der Waals surface area (Å²) in [5.41, 5.74) is -2.60. The number of rotatable bonds is 3.